The largest absolute Gasteiger partial charge is 0.381 e. The third-order valence-corrected chi connectivity index (χ3v) is 4.33. The van der Waals surface area contributed by atoms with Crippen LogP contribution in [-0.4, -0.2) is 44.9 Å². The molecule has 1 aliphatic carbocycles. The Hall–Kier alpha value is -0.160. The predicted octanol–water partition coefficient (Wildman–Crippen LogP) is 2.36. The van der Waals surface area contributed by atoms with Gasteiger partial charge in [0.25, 0.3) is 0 Å². The van der Waals surface area contributed by atoms with Crippen LogP contribution in [0.3, 0.4) is 0 Å². The van der Waals surface area contributed by atoms with Crippen molar-refractivity contribution in [2.24, 2.45) is 5.92 Å². The third-order valence-electron chi connectivity index (χ3n) is 4.33. The van der Waals surface area contributed by atoms with Crippen LogP contribution in [0.25, 0.3) is 0 Å². The summed E-state index contributed by atoms with van der Waals surface area (Å²) in [6, 6.07) is 0. The van der Waals surface area contributed by atoms with E-state index in [1.807, 2.05) is 6.92 Å². The van der Waals surface area contributed by atoms with Gasteiger partial charge in [-0.25, -0.2) is 0 Å². The van der Waals surface area contributed by atoms with Gasteiger partial charge < -0.3 is 18.9 Å². The Kier molecular flexibility index (Phi) is 4.64. The normalized spacial score (nSPS) is 46.0. The molecule has 5 atom stereocenters. The molecule has 0 aromatic carbocycles. The first kappa shape index (κ1) is 14.3. The minimum Gasteiger partial charge on any atom is -0.381 e. The molecule has 1 aliphatic heterocycles. The topological polar surface area (TPSA) is 36.9 Å². The van der Waals surface area contributed by atoms with Gasteiger partial charge in [-0.15, -0.1) is 0 Å². The van der Waals surface area contributed by atoms with Crippen molar-refractivity contribution >= 4 is 0 Å². The van der Waals surface area contributed by atoms with Crippen LogP contribution >= 0.6 is 0 Å². The molecule has 2 aliphatic rings. The number of hydrogen-bond acceptors (Lipinski definition) is 4. The fourth-order valence-corrected chi connectivity index (χ4v) is 3.20. The van der Waals surface area contributed by atoms with Crippen LogP contribution in [0.1, 0.15) is 39.5 Å². The van der Waals surface area contributed by atoms with Crippen LogP contribution in [0.5, 0.6) is 0 Å². The lowest BCUT2D eigenvalue weighted by Gasteiger charge is -2.45. The van der Waals surface area contributed by atoms with E-state index in [-0.39, 0.29) is 12.2 Å². The molecule has 0 aromatic heterocycles. The van der Waals surface area contributed by atoms with Crippen LogP contribution in [0, 0.1) is 5.92 Å². The van der Waals surface area contributed by atoms with Crippen molar-refractivity contribution in [2.45, 2.75) is 63.6 Å². The van der Waals surface area contributed by atoms with Crippen LogP contribution in [0.2, 0.25) is 0 Å². The summed E-state index contributed by atoms with van der Waals surface area (Å²) >= 11 is 0. The van der Waals surface area contributed by atoms with Gasteiger partial charge >= 0.3 is 0 Å². The summed E-state index contributed by atoms with van der Waals surface area (Å²) in [4.78, 5) is 0. The van der Waals surface area contributed by atoms with Crippen LogP contribution < -0.4 is 0 Å². The SMILES string of the molecule is COC1CCCC(C2OCC(C)(OC)OC2C)C1. The Labute approximate surface area is 110 Å². The van der Waals surface area contributed by atoms with Crippen LogP contribution in [0.15, 0.2) is 0 Å². The first-order chi connectivity index (χ1) is 8.58. The highest BCUT2D eigenvalue weighted by molar-refractivity contribution is 4.86. The van der Waals surface area contributed by atoms with Gasteiger partial charge in [-0.2, -0.15) is 0 Å². The molecule has 1 saturated heterocycles. The molecule has 4 nitrogen and oxygen atoms in total. The van der Waals surface area contributed by atoms with E-state index in [0.29, 0.717) is 18.6 Å². The van der Waals surface area contributed by atoms with E-state index in [9.17, 15) is 0 Å². The quantitative estimate of drug-likeness (QED) is 0.778. The standard InChI is InChI=1S/C14H26O4/c1-10-13(17-9-14(2,16-4)18-10)11-6-5-7-12(8-11)15-3/h10-13H,5-9H2,1-4H3. The van der Waals surface area contributed by atoms with Crippen molar-refractivity contribution in [3.63, 3.8) is 0 Å². The van der Waals surface area contributed by atoms with Gasteiger partial charge in [0.1, 0.15) is 6.61 Å². The molecule has 0 spiro atoms. The third kappa shape index (κ3) is 3.05. The summed E-state index contributed by atoms with van der Waals surface area (Å²) in [5.41, 5.74) is 0. The van der Waals surface area contributed by atoms with E-state index < -0.39 is 5.79 Å². The molecule has 1 saturated carbocycles. The van der Waals surface area contributed by atoms with E-state index in [1.54, 1.807) is 14.2 Å². The van der Waals surface area contributed by atoms with Crippen molar-refractivity contribution in [3.8, 4) is 0 Å². The second-order valence-electron chi connectivity index (χ2n) is 5.72. The highest BCUT2D eigenvalue weighted by Crippen LogP contribution is 2.35. The van der Waals surface area contributed by atoms with E-state index >= 15 is 0 Å². The Morgan fingerprint density at radius 1 is 1.22 bits per heavy atom. The van der Waals surface area contributed by atoms with Crippen molar-refractivity contribution in [3.05, 3.63) is 0 Å². The molecule has 2 rings (SSSR count). The minimum atomic E-state index is -0.592. The second-order valence-corrected chi connectivity index (χ2v) is 5.72. The zero-order valence-electron chi connectivity index (χ0n) is 12.0. The number of hydrogen-bond donors (Lipinski definition) is 0. The van der Waals surface area contributed by atoms with Gasteiger partial charge in [0.15, 0.2) is 5.79 Å². The Morgan fingerprint density at radius 2 is 2.00 bits per heavy atom. The van der Waals surface area contributed by atoms with Gasteiger partial charge in [-0.1, -0.05) is 6.42 Å². The number of rotatable bonds is 3. The highest BCUT2D eigenvalue weighted by Gasteiger charge is 2.42. The van der Waals surface area contributed by atoms with Gasteiger partial charge in [0, 0.05) is 14.2 Å². The van der Waals surface area contributed by atoms with Gasteiger partial charge in [-0.3, -0.25) is 0 Å². The molecule has 2 fully saturated rings. The van der Waals surface area contributed by atoms with Gasteiger partial charge in [-0.05, 0) is 39.0 Å². The lowest BCUT2D eigenvalue weighted by molar-refractivity contribution is -0.323. The summed E-state index contributed by atoms with van der Waals surface area (Å²) in [7, 11) is 3.47. The molecule has 4 heteroatoms. The number of methoxy groups -OCH3 is 2. The van der Waals surface area contributed by atoms with E-state index in [4.69, 9.17) is 18.9 Å². The van der Waals surface area contributed by atoms with Crippen molar-refractivity contribution in [2.75, 3.05) is 20.8 Å². The molecule has 0 aromatic rings. The minimum absolute atomic E-state index is 0.0734. The Bertz CT molecular complexity index is 271. The summed E-state index contributed by atoms with van der Waals surface area (Å²) < 4.78 is 22.8. The number of ether oxygens (including phenoxy) is 4. The average molecular weight is 258 g/mol. The molecular weight excluding hydrogens is 232 g/mol. The molecule has 0 bridgehead atoms. The first-order valence-electron chi connectivity index (χ1n) is 6.95. The van der Waals surface area contributed by atoms with Gasteiger partial charge in [0.2, 0.25) is 0 Å². The lowest BCUT2D eigenvalue weighted by atomic mass is 9.81. The maximum absolute atomic E-state index is 6.02. The molecule has 5 unspecified atom stereocenters. The highest BCUT2D eigenvalue weighted by atomic mass is 16.7. The van der Waals surface area contributed by atoms with Crippen molar-refractivity contribution in [1.82, 2.24) is 0 Å². The van der Waals surface area contributed by atoms with Gasteiger partial charge in [0.05, 0.1) is 18.3 Å². The molecule has 0 N–H and O–H groups in total. The van der Waals surface area contributed by atoms with E-state index in [1.165, 1.54) is 19.3 Å². The van der Waals surface area contributed by atoms with Crippen LogP contribution in [-0.2, 0) is 18.9 Å². The summed E-state index contributed by atoms with van der Waals surface area (Å²) in [5.74, 6) is -0.0503. The zero-order valence-corrected chi connectivity index (χ0v) is 12.0. The van der Waals surface area contributed by atoms with Crippen LogP contribution in [0.4, 0.5) is 0 Å². The summed E-state index contributed by atoms with van der Waals surface area (Å²) in [6.45, 7) is 4.52. The first-order valence-corrected chi connectivity index (χ1v) is 6.95. The summed E-state index contributed by atoms with van der Waals surface area (Å²) in [6.07, 6.45) is 5.31. The average Bonchev–Trinajstić information content (AvgIpc) is 2.39. The van der Waals surface area contributed by atoms with E-state index in [0.717, 1.165) is 6.42 Å². The summed E-state index contributed by atoms with van der Waals surface area (Å²) in [5, 5.41) is 0. The molecule has 1 heterocycles. The molecule has 0 amide bonds. The fourth-order valence-electron chi connectivity index (χ4n) is 3.20. The maximum Gasteiger partial charge on any atom is 0.189 e. The smallest absolute Gasteiger partial charge is 0.189 e. The molecular formula is C14H26O4. The predicted molar refractivity (Wildman–Crippen MR) is 68.5 cm³/mol. The second kappa shape index (κ2) is 5.87. The maximum atomic E-state index is 6.02. The van der Waals surface area contributed by atoms with E-state index in [2.05, 4.69) is 6.92 Å². The molecule has 0 radical (unpaired) electrons. The Balaban J connectivity index is 1.94. The fraction of sp³-hybridized carbons (Fsp3) is 1.00. The lowest BCUT2D eigenvalue weighted by Crippen LogP contribution is -2.53. The van der Waals surface area contributed by atoms with Crippen molar-refractivity contribution < 1.29 is 18.9 Å². The monoisotopic (exact) mass is 258 g/mol. The Morgan fingerprint density at radius 3 is 2.61 bits per heavy atom. The molecule has 18 heavy (non-hydrogen) atoms. The molecule has 106 valence electrons. The van der Waals surface area contributed by atoms with Crippen molar-refractivity contribution in [1.29, 1.82) is 0 Å². The zero-order chi connectivity index (χ0) is 13.2.